The third-order valence-corrected chi connectivity index (χ3v) is 3.91. The maximum atomic E-state index is 10.5. The van der Waals surface area contributed by atoms with Crippen molar-refractivity contribution in [3.63, 3.8) is 0 Å². The standard InChI is InChI=1S/C14H21NO3S.C2H6/c1-18-11-5-3-2-4-6-12-19-14-9-7-13(8-10-14)15(16)17;1-2/h7-10H,2-6,11-12H2,1H3;1-2H3. The first-order valence-electron chi connectivity index (χ1n) is 7.60. The zero-order valence-electron chi connectivity index (χ0n) is 13.3. The van der Waals surface area contributed by atoms with E-state index in [1.54, 1.807) is 31.0 Å². The predicted molar refractivity (Wildman–Crippen MR) is 90.1 cm³/mol. The van der Waals surface area contributed by atoms with Crippen molar-refractivity contribution in [2.24, 2.45) is 0 Å². The summed E-state index contributed by atoms with van der Waals surface area (Å²) in [6, 6.07) is 6.77. The van der Waals surface area contributed by atoms with Gasteiger partial charge in [-0.05, 0) is 30.7 Å². The summed E-state index contributed by atoms with van der Waals surface area (Å²) in [5.41, 5.74) is 0.155. The van der Waals surface area contributed by atoms with Gasteiger partial charge in [0.2, 0.25) is 0 Å². The van der Waals surface area contributed by atoms with Crippen LogP contribution >= 0.6 is 11.8 Å². The molecule has 0 aromatic heterocycles. The van der Waals surface area contributed by atoms with E-state index in [0.29, 0.717) is 0 Å². The normalized spacial score (nSPS) is 9.86. The topological polar surface area (TPSA) is 52.4 Å². The molecule has 0 N–H and O–H groups in total. The number of hydrogen-bond donors (Lipinski definition) is 0. The van der Waals surface area contributed by atoms with Gasteiger partial charge in [0.15, 0.2) is 0 Å². The quantitative estimate of drug-likeness (QED) is 0.254. The van der Waals surface area contributed by atoms with E-state index in [4.69, 9.17) is 4.74 Å². The SMILES string of the molecule is CC.COCCCCCCCSc1ccc([N+](=O)[O-])cc1. The largest absolute Gasteiger partial charge is 0.385 e. The first-order valence-corrected chi connectivity index (χ1v) is 8.59. The smallest absolute Gasteiger partial charge is 0.269 e. The molecule has 120 valence electrons. The molecule has 1 rings (SSSR count). The molecule has 0 bridgehead atoms. The van der Waals surface area contributed by atoms with Gasteiger partial charge in [0.25, 0.3) is 5.69 Å². The Morgan fingerprint density at radius 1 is 1.05 bits per heavy atom. The minimum absolute atomic E-state index is 0.155. The number of nitro groups is 1. The van der Waals surface area contributed by atoms with Gasteiger partial charge >= 0.3 is 0 Å². The molecule has 4 nitrogen and oxygen atoms in total. The van der Waals surface area contributed by atoms with Crippen LogP contribution in [0.3, 0.4) is 0 Å². The van der Waals surface area contributed by atoms with Crippen molar-refractivity contribution in [3.8, 4) is 0 Å². The summed E-state index contributed by atoms with van der Waals surface area (Å²) in [5.74, 6) is 1.07. The lowest BCUT2D eigenvalue weighted by Gasteiger charge is -2.02. The monoisotopic (exact) mass is 313 g/mol. The third kappa shape index (κ3) is 10.3. The van der Waals surface area contributed by atoms with Gasteiger partial charge in [-0.25, -0.2) is 0 Å². The van der Waals surface area contributed by atoms with E-state index in [2.05, 4.69) is 0 Å². The number of benzene rings is 1. The van der Waals surface area contributed by atoms with Gasteiger partial charge < -0.3 is 4.74 Å². The van der Waals surface area contributed by atoms with Crippen LogP contribution in [0.15, 0.2) is 29.2 Å². The molecule has 0 atom stereocenters. The summed E-state index contributed by atoms with van der Waals surface area (Å²) >= 11 is 1.76. The Balaban J connectivity index is 0.00000191. The van der Waals surface area contributed by atoms with Gasteiger partial charge in [-0.15, -0.1) is 11.8 Å². The summed E-state index contributed by atoms with van der Waals surface area (Å²) in [6.07, 6.45) is 6.06. The van der Waals surface area contributed by atoms with Crippen LogP contribution in [0.1, 0.15) is 46.0 Å². The zero-order chi connectivity index (χ0) is 15.9. The molecule has 0 unspecified atom stereocenters. The van der Waals surface area contributed by atoms with Crippen molar-refractivity contribution in [2.45, 2.75) is 50.8 Å². The highest BCUT2D eigenvalue weighted by atomic mass is 32.2. The van der Waals surface area contributed by atoms with Crippen LogP contribution in [-0.2, 0) is 4.74 Å². The average Bonchev–Trinajstić information content (AvgIpc) is 2.52. The van der Waals surface area contributed by atoms with Crippen molar-refractivity contribution >= 4 is 17.4 Å². The minimum atomic E-state index is -0.367. The number of hydrogen-bond acceptors (Lipinski definition) is 4. The maximum absolute atomic E-state index is 10.5. The second-order valence-corrected chi connectivity index (χ2v) is 5.53. The van der Waals surface area contributed by atoms with Crippen molar-refractivity contribution in [1.82, 2.24) is 0 Å². The summed E-state index contributed by atoms with van der Waals surface area (Å²) < 4.78 is 5.00. The van der Waals surface area contributed by atoms with Gasteiger partial charge in [0, 0.05) is 30.7 Å². The van der Waals surface area contributed by atoms with Crippen molar-refractivity contribution in [2.75, 3.05) is 19.5 Å². The fourth-order valence-corrected chi connectivity index (χ4v) is 2.65. The molecular formula is C16H27NO3S. The highest BCUT2D eigenvalue weighted by molar-refractivity contribution is 7.99. The number of methoxy groups -OCH3 is 1. The van der Waals surface area contributed by atoms with Crippen LogP contribution in [-0.4, -0.2) is 24.4 Å². The molecule has 0 saturated heterocycles. The number of non-ortho nitro benzene ring substituents is 1. The van der Waals surface area contributed by atoms with Crippen LogP contribution in [0.4, 0.5) is 5.69 Å². The summed E-state index contributed by atoms with van der Waals surface area (Å²) in [6.45, 7) is 4.86. The lowest BCUT2D eigenvalue weighted by molar-refractivity contribution is -0.384. The van der Waals surface area contributed by atoms with E-state index in [0.717, 1.165) is 23.7 Å². The Morgan fingerprint density at radius 2 is 1.62 bits per heavy atom. The zero-order valence-corrected chi connectivity index (χ0v) is 14.2. The van der Waals surface area contributed by atoms with Crippen LogP contribution in [0.5, 0.6) is 0 Å². The predicted octanol–water partition coefficient (Wildman–Crippen LogP) is 5.31. The third-order valence-electron chi connectivity index (χ3n) is 2.81. The number of rotatable bonds is 10. The highest BCUT2D eigenvalue weighted by Gasteiger charge is 2.03. The number of unbranched alkanes of at least 4 members (excludes halogenated alkanes) is 4. The summed E-state index contributed by atoms with van der Waals surface area (Å²) in [4.78, 5) is 11.2. The number of nitro benzene ring substituents is 1. The van der Waals surface area contributed by atoms with Crippen LogP contribution in [0.2, 0.25) is 0 Å². The van der Waals surface area contributed by atoms with Gasteiger partial charge in [-0.3, -0.25) is 10.1 Å². The van der Waals surface area contributed by atoms with Gasteiger partial charge in [-0.2, -0.15) is 0 Å². The lowest BCUT2D eigenvalue weighted by Crippen LogP contribution is -1.89. The van der Waals surface area contributed by atoms with Gasteiger partial charge in [0.1, 0.15) is 0 Å². The first kappa shape index (κ1) is 19.9. The second-order valence-electron chi connectivity index (χ2n) is 4.36. The molecule has 0 spiro atoms. The number of ether oxygens (including phenoxy) is 1. The van der Waals surface area contributed by atoms with Crippen molar-refractivity contribution in [3.05, 3.63) is 34.4 Å². The molecule has 1 aromatic rings. The van der Waals surface area contributed by atoms with E-state index in [9.17, 15) is 10.1 Å². The van der Waals surface area contributed by atoms with E-state index in [1.165, 1.54) is 25.7 Å². The first-order chi connectivity index (χ1) is 10.2. The molecule has 5 heteroatoms. The van der Waals surface area contributed by atoms with Gasteiger partial charge in [0.05, 0.1) is 4.92 Å². The van der Waals surface area contributed by atoms with E-state index >= 15 is 0 Å². The summed E-state index contributed by atoms with van der Waals surface area (Å²) in [7, 11) is 1.74. The average molecular weight is 313 g/mol. The fraction of sp³-hybridized carbons (Fsp3) is 0.625. The molecule has 0 heterocycles. The Bertz CT molecular complexity index is 368. The molecule has 0 radical (unpaired) electrons. The Kier molecular flexibility index (Phi) is 13.2. The molecule has 0 fully saturated rings. The van der Waals surface area contributed by atoms with E-state index in [-0.39, 0.29) is 10.6 Å². The van der Waals surface area contributed by atoms with Crippen molar-refractivity contribution < 1.29 is 9.66 Å². The van der Waals surface area contributed by atoms with Crippen LogP contribution in [0, 0.1) is 10.1 Å². The lowest BCUT2D eigenvalue weighted by atomic mass is 10.2. The molecule has 0 aliphatic rings. The molecule has 0 aliphatic heterocycles. The van der Waals surface area contributed by atoms with E-state index in [1.807, 2.05) is 26.0 Å². The fourth-order valence-electron chi connectivity index (χ4n) is 1.73. The molecule has 21 heavy (non-hydrogen) atoms. The minimum Gasteiger partial charge on any atom is -0.385 e. The van der Waals surface area contributed by atoms with Gasteiger partial charge in [-0.1, -0.05) is 33.1 Å². The maximum Gasteiger partial charge on any atom is 0.269 e. The summed E-state index contributed by atoms with van der Waals surface area (Å²) in [5, 5.41) is 10.5. The number of nitrogens with zero attached hydrogens (tertiary/aromatic N) is 1. The van der Waals surface area contributed by atoms with Crippen molar-refractivity contribution in [1.29, 1.82) is 0 Å². The Labute approximate surface area is 132 Å². The molecule has 0 saturated carbocycles. The Morgan fingerprint density at radius 3 is 2.19 bits per heavy atom. The molecule has 0 amide bonds. The Hall–Kier alpha value is -1.07. The van der Waals surface area contributed by atoms with Crippen LogP contribution in [0.25, 0.3) is 0 Å². The second kappa shape index (κ2) is 13.9. The molecule has 0 aliphatic carbocycles. The van der Waals surface area contributed by atoms with Crippen LogP contribution < -0.4 is 0 Å². The highest BCUT2D eigenvalue weighted by Crippen LogP contribution is 2.22. The molecule has 1 aromatic carbocycles. The number of thioether (sulfide) groups is 1. The van der Waals surface area contributed by atoms with E-state index < -0.39 is 0 Å². The molecular weight excluding hydrogens is 286 g/mol.